The van der Waals surface area contributed by atoms with Crippen molar-refractivity contribution in [1.82, 2.24) is 14.8 Å². The molecule has 1 aliphatic rings. The summed E-state index contributed by atoms with van der Waals surface area (Å²) in [5, 5.41) is 0. The van der Waals surface area contributed by atoms with Gasteiger partial charge in [-0.25, -0.2) is 0 Å². The number of pyridine rings is 1. The molecule has 1 saturated heterocycles. The van der Waals surface area contributed by atoms with Crippen LogP contribution in [0.15, 0.2) is 18.3 Å². The van der Waals surface area contributed by atoms with E-state index >= 15 is 0 Å². The molecule has 0 N–H and O–H groups in total. The summed E-state index contributed by atoms with van der Waals surface area (Å²) < 4.78 is 36.9. The summed E-state index contributed by atoms with van der Waals surface area (Å²) >= 11 is 0. The average Bonchev–Trinajstić information content (AvgIpc) is 2.68. The number of aromatic nitrogens is 1. The number of nitrogens with zero attached hydrogens (tertiary/aromatic N) is 3. The summed E-state index contributed by atoms with van der Waals surface area (Å²) in [5.74, 6) is -1.20. The first-order valence-corrected chi connectivity index (χ1v) is 5.83. The van der Waals surface area contributed by atoms with Gasteiger partial charge < -0.3 is 9.80 Å². The predicted octanol–water partition coefficient (Wildman–Crippen LogP) is 1.19. The molecule has 108 valence electrons. The van der Waals surface area contributed by atoms with Crippen LogP contribution in [0.4, 0.5) is 13.2 Å². The Morgan fingerprint density at radius 3 is 2.75 bits per heavy atom. The van der Waals surface area contributed by atoms with Crippen molar-refractivity contribution < 1.29 is 22.8 Å². The molecule has 0 bridgehead atoms. The Kier molecular flexibility index (Phi) is 3.65. The first-order chi connectivity index (χ1) is 9.28. The van der Waals surface area contributed by atoms with E-state index in [1.165, 1.54) is 12.3 Å². The van der Waals surface area contributed by atoms with Crippen molar-refractivity contribution in [2.75, 3.05) is 19.8 Å². The first-order valence-electron chi connectivity index (χ1n) is 5.83. The van der Waals surface area contributed by atoms with Crippen LogP contribution in [-0.2, 0) is 4.79 Å². The maximum atomic E-state index is 12.3. The van der Waals surface area contributed by atoms with E-state index in [0.717, 1.165) is 4.90 Å². The number of hydrogen-bond donors (Lipinski definition) is 0. The van der Waals surface area contributed by atoms with Crippen LogP contribution in [-0.4, -0.2) is 52.5 Å². The van der Waals surface area contributed by atoms with Gasteiger partial charge in [0.05, 0.1) is 12.2 Å². The van der Waals surface area contributed by atoms with Crippen LogP contribution in [0.1, 0.15) is 16.1 Å². The minimum Gasteiger partial charge on any atom is -0.314 e. The second kappa shape index (κ2) is 5.10. The molecule has 0 atom stereocenters. The zero-order chi connectivity index (χ0) is 14.9. The van der Waals surface area contributed by atoms with Crippen molar-refractivity contribution in [2.24, 2.45) is 0 Å². The van der Waals surface area contributed by atoms with Crippen LogP contribution in [0.3, 0.4) is 0 Å². The largest absolute Gasteiger partial charge is 0.406 e. The normalized spacial score (nSPS) is 15.9. The third-order valence-electron chi connectivity index (χ3n) is 2.91. The van der Waals surface area contributed by atoms with Crippen LogP contribution >= 0.6 is 0 Å². The van der Waals surface area contributed by atoms with Gasteiger partial charge in [-0.05, 0) is 19.1 Å². The van der Waals surface area contributed by atoms with Crippen LogP contribution in [0, 0.1) is 6.92 Å². The predicted molar refractivity (Wildman–Crippen MR) is 62.6 cm³/mol. The number of alkyl halides is 3. The molecule has 0 radical (unpaired) electrons. The molecule has 20 heavy (non-hydrogen) atoms. The SMILES string of the molecule is Cc1ncccc1C(=O)N1CC(=O)N(CC(F)(F)F)C1. The van der Waals surface area contributed by atoms with Gasteiger partial charge in [0, 0.05) is 11.9 Å². The van der Waals surface area contributed by atoms with Gasteiger partial charge in [0.25, 0.3) is 5.91 Å². The summed E-state index contributed by atoms with van der Waals surface area (Å²) in [5.41, 5.74) is 0.758. The molecule has 1 aromatic rings. The highest BCUT2D eigenvalue weighted by molar-refractivity contribution is 5.98. The van der Waals surface area contributed by atoms with Crippen molar-refractivity contribution in [3.63, 3.8) is 0 Å². The lowest BCUT2D eigenvalue weighted by atomic mass is 10.2. The standard InChI is InChI=1S/C12H12F3N3O2/c1-8-9(3-2-4-16-8)11(20)17-5-10(19)18(7-17)6-12(13,14)15/h2-4H,5-7H2,1H3. The zero-order valence-electron chi connectivity index (χ0n) is 10.6. The Balaban J connectivity index is 2.11. The fourth-order valence-electron chi connectivity index (χ4n) is 1.97. The Hall–Kier alpha value is -2.12. The Bertz CT molecular complexity index is 545. The second-order valence-electron chi connectivity index (χ2n) is 4.49. The second-order valence-corrected chi connectivity index (χ2v) is 4.49. The summed E-state index contributed by atoms with van der Waals surface area (Å²) in [6.45, 7) is -0.422. The fourth-order valence-corrected chi connectivity index (χ4v) is 1.97. The van der Waals surface area contributed by atoms with E-state index in [1.54, 1.807) is 13.0 Å². The Morgan fingerprint density at radius 2 is 2.15 bits per heavy atom. The van der Waals surface area contributed by atoms with Gasteiger partial charge in [-0.3, -0.25) is 14.6 Å². The minimum absolute atomic E-state index is 0.286. The van der Waals surface area contributed by atoms with Crippen LogP contribution in [0.5, 0.6) is 0 Å². The number of aryl methyl sites for hydroxylation is 1. The minimum atomic E-state index is -4.47. The quantitative estimate of drug-likeness (QED) is 0.821. The van der Waals surface area contributed by atoms with Crippen LogP contribution in [0.2, 0.25) is 0 Å². The highest BCUT2D eigenvalue weighted by atomic mass is 19.4. The van der Waals surface area contributed by atoms with Gasteiger partial charge in [0.15, 0.2) is 0 Å². The Labute approximate surface area is 113 Å². The third-order valence-corrected chi connectivity index (χ3v) is 2.91. The highest BCUT2D eigenvalue weighted by Crippen LogP contribution is 2.20. The van der Waals surface area contributed by atoms with Gasteiger partial charge in [-0.2, -0.15) is 13.2 Å². The number of carbonyl (C=O) groups is 2. The van der Waals surface area contributed by atoms with Crippen molar-refractivity contribution in [1.29, 1.82) is 0 Å². The van der Waals surface area contributed by atoms with E-state index in [9.17, 15) is 22.8 Å². The average molecular weight is 287 g/mol. The van der Waals surface area contributed by atoms with Crippen molar-refractivity contribution >= 4 is 11.8 Å². The van der Waals surface area contributed by atoms with E-state index in [0.29, 0.717) is 10.6 Å². The van der Waals surface area contributed by atoms with E-state index in [2.05, 4.69) is 4.98 Å². The van der Waals surface area contributed by atoms with Gasteiger partial charge in [0.1, 0.15) is 13.1 Å². The van der Waals surface area contributed by atoms with Gasteiger partial charge in [0.2, 0.25) is 5.91 Å². The molecule has 0 unspecified atom stereocenters. The zero-order valence-corrected chi connectivity index (χ0v) is 10.6. The molecule has 2 amide bonds. The topological polar surface area (TPSA) is 53.5 Å². The highest BCUT2D eigenvalue weighted by Gasteiger charge is 2.39. The molecule has 1 fully saturated rings. The third kappa shape index (κ3) is 3.06. The molecular weight excluding hydrogens is 275 g/mol. The molecule has 1 aromatic heterocycles. The van der Waals surface area contributed by atoms with Crippen LogP contribution < -0.4 is 0 Å². The summed E-state index contributed by atoms with van der Waals surface area (Å²) in [7, 11) is 0. The number of hydrogen-bond acceptors (Lipinski definition) is 3. The van der Waals surface area contributed by atoms with E-state index < -0.39 is 24.5 Å². The fraction of sp³-hybridized carbons (Fsp3) is 0.417. The van der Waals surface area contributed by atoms with Gasteiger partial charge in [-0.1, -0.05) is 0 Å². The first kappa shape index (κ1) is 14.3. The molecule has 0 aliphatic carbocycles. The molecule has 0 spiro atoms. The summed E-state index contributed by atoms with van der Waals surface area (Å²) in [6.07, 6.45) is -2.96. The number of halogens is 3. The molecule has 8 heteroatoms. The molecule has 5 nitrogen and oxygen atoms in total. The van der Waals surface area contributed by atoms with Crippen LogP contribution in [0.25, 0.3) is 0 Å². The van der Waals surface area contributed by atoms with E-state index in [1.807, 2.05) is 0 Å². The molecular formula is C12H12F3N3O2. The molecule has 1 aliphatic heterocycles. The summed E-state index contributed by atoms with van der Waals surface area (Å²) in [6, 6.07) is 3.09. The lowest BCUT2D eigenvalue weighted by molar-refractivity contribution is -0.157. The van der Waals surface area contributed by atoms with E-state index in [-0.39, 0.29) is 18.8 Å². The number of carbonyl (C=O) groups excluding carboxylic acids is 2. The van der Waals surface area contributed by atoms with Gasteiger partial charge >= 0.3 is 6.18 Å². The lowest BCUT2D eigenvalue weighted by Crippen LogP contribution is -2.37. The number of rotatable bonds is 2. The maximum absolute atomic E-state index is 12.3. The maximum Gasteiger partial charge on any atom is 0.406 e. The van der Waals surface area contributed by atoms with Gasteiger partial charge in [-0.15, -0.1) is 0 Å². The van der Waals surface area contributed by atoms with Crippen molar-refractivity contribution in [2.45, 2.75) is 13.1 Å². The van der Waals surface area contributed by atoms with Crippen molar-refractivity contribution in [3.05, 3.63) is 29.6 Å². The smallest absolute Gasteiger partial charge is 0.314 e. The Morgan fingerprint density at radius 1 is 1.45 bits per heavy atom. The molecule has 2 rings (SSSR count). The number of amides is 2. The summed E-state index contributed by atoms with van der Waals surface area (Å²) in [4.78, 5) is 29.3. The van der Waals surface area contributed by atoms with Crippen molar-refractivity contribution in [3.8, 4) is 0 Å². The molecule has 2 heterocycles. The molecule has 0 saturated carbocycles. The van der Waals surface area contributed by atoms with E-state index in [4.69, 9.17) is 0 Å². The lowest BCUT2D eigenvalue weighted by Gasteiger charge is -2.19. The molecule has 0 aromatic carbocycles. The monoisotopic (exact) mass is 287 g/mol.